The summed E-state index contributed by atoms with van der Waals surface area (Å²) in [4.78, 5) is 24.5. The minimum atomic E-state index is -0.628. The van der Waals surface area contributed by atoms with E-state index in [0.717, 1.165) is 37.7 Å². The number of carbonyl (C=O) groups is 1. The van der Waals surface area contributed by atoms with Crippen LogP contribution in [-0.2, 0) is 13.0 Å². The number of fused-ring (bicyclic) bond motifs is 1. The molecule has 0 spiro atoms. The fraction of sp³-hybridized carbons (Fsp3) is 0.304. The van der Waals surface area contributed by atoms with E-state index in [1.807, 2.05) is 6.07 Å². The third-order valence-corrected chi connectivity index (χ3v) is 5.75. The van der Waals surface area contributed by atoms with E-state index in [-0.39, 0.29) is 11.1 Å². The first-order valence-electron chi connectivity index (χ1n) is 10.0. The number of hydroxylamine groups is 1. The van der Waals surface area contributed by atoms with Gasteiger partial charge in [0.2, 0.25) is 0 Å². The van der Waals surface area contributed by atoms with Gasteiger partial charge in [-0.15, -0.1) is 0 Å². The van der Waals surface area contributed by atoms with Crippen LogP contribution >= 0.6 is 0 Å². The average molecular weight is 391 g/mol. The van der Waals surface area contributed by atoms with Crippen LogP contribution in [-0.4, -0.2) is 28.8 Å². The second-order valence-electron chi connectivity index (χ2n) is 7.58. The zero-order valence-electron chi connectivity index (χ0n) is 16.2. The molecule has 0 radical (unpaired) electrons. The van der Waals surface area contributed by atoms with Gasteiger partial charge < -0.3 is 9.88 Å². The summed E-state index contributed by atoms with van der Waals surface area (Å²) >= 11 is 0. The van der Waals surface area contributed by atoms with E-state index in [4.69, 9.17) is 5.21 Å². The predicted molar refractivity (Wildman–Crippen MR) is 112 cm³/mol. The summed E-state index contributed by atoms with van der Waals surface area (Å²) in [6, 6.07) is 15.4. The molecule has 1 amide bonds. The standard InChI is InChI=1S/C23H25N3O3/c27-22(25-29)20-5-4-18-9-13-26(23(28)21(18)15-20)12-8-16-2-1-3-19(14-16)17-6-10-24-11-7-17/h1-5,9,13-15,17,24,29H,6-8,10-12H2,(H,25,27). The largest absolute Gasteiger partial charge is 0.317 e. The first-order valence-corrected chi connectivity index (χ1v) is 10.0. The van der Waals surface area contributed by atoms with Gasteiger partial charge in [-0.1, -0.05) is 30.3 Å². The molecule has 2 heterocycles. The molecule has 1 fully saturated rings. The number of aromatic nitrogens is 1. The Hall–Kier alpha value is -2.96. The number of pyridine rings is 1. The lowest BCUT2D eigenvalue weighted by molar-refractivity contribution is 0.0706. The molecule has 1 saturated heterocycles. The Bertz CT molecular complexity index is 1080. The van der Waals surface area contributed by atoms with Gasteiger partial charge in [0, 0.05) is 23.7 Å². The Balaban J connectivity index is 1.54. The molecule has 0 saturated carbocycles. The number of hydrogen-bond donors (Lipinski definition) is 3. The fourth-order valence-electron chi connectivity index (χ4n) is 4.07. The first kappa shape index (κ1) is 19.4. The monoisotopic (exact) mass is 391 g/mol. The lowest BCUT2D eigenvalue weighted by Gasteiger charge is -2.23. The highest BCUT2D eigenvalue weighted by Gasteiger charge is 2.15. The van der Waals surface area contributed by atoms with E-state index in [2.05, 4.69) is 29.6 Å². The number of aryl methyl sites for hydroxylation is 2. The van der Waals surface area contributed by atoms with Gasteiger partial charge >= 0.3 is 0 Å². The number of nitrogens with zero attached hydrogens (tertiary/aromatic N) is 1. The van der Waals surface area contributed by atoms with Gasteiger partial charge in [-0.05, 0) is 73.0 Å². The van der Waals surface area contributed by atoms with E-state index >= 15 is 0 Å². The molecule has 0 aliphatic carbocycles. The number of nitrogens with one attached hydrogen (secondary N) is 2. The summed E-state index contributed by atoms with van der Waals surface area (Å²) in [6.45, 7) is 2.70. The van der Waals surface area contributed by atoms with Crippen molar-refractivity contribution in [2.75, 3.05) is 13.1 Å². The molecule has 1 aliphatic rings. The maximum Gasteiger partial charge on any atom is 0.274 e. The maximum absolute atomic E-state index is 12.9. The van der Waals surface area contributed by atoms with E-state index in [1.165, 1.54) is 17.2 Å². The molecule has 2 aromatic carbocycles. The molecule has 6 heteroatoms. The smallest absolute Gasteiger partial charge is 0.274 e. The van der Waals surface area contributed by atoms with Crippen LogP contribution in [0.3, 0.4) is 0 Å². The second kappa shape index (κ2) is 8.59. The minimum absolute atomic E-state index is 0.135. The quantitative estimate of drug-likeness (QED) is 0.461. The van der Waals surface area contributed by atoms with Crippen LogP contribution in [0.2, 0.25) is 0 Å². The lowest BCUT2D eigenvalue weighted by Crippen LogP contribution is -2.26. The number of rotatable bonds is 5. The van der Waals surface area contributed by atoms with Crippen LogP contribution in [0.1, 0.15) is 40.2 Å². The molecule has 1 aromatic heterocycles. The Morgan fingerprint density at radius 1 is 1.14 bits per heavy atom. The Labute approximate surface area is 169 Å². The van der Waals surface area contributed by atoms with Crippen LogP contribution in [0.5, 0.6) is 0 Å². The highest BCUT2D eigenvalue weighted by atomic mass is 16.5. The van der Waals surface area contributed by atoms with Gasteiger partial charge in [0.25, 0.3) is 11.5 Å². The molecular formula is C23H25N3O3. The van der Waals surface area contributed by atoms with Gasteiger partial charge in [-0.3, -0.25) is 14.8 Å². The molecule has 1 aliphatic heterocycles. The van der Waals surface area contributed by atoms with Crippen molar-refractivity contribution >= 4 is 16.7 Å². The minimum Gasteiger partial charge on any atom is -0.317 e. The molecule has 0 unspecified atom stereocenters. The van der Waals surface area contributed by atoms with Gasteiger partial charge in [-0.25, -0.2) is 5.48 Å². The number of carbonyl (C=O) groups excluding carboxylic acids is 1. The molecule has 6 nitrogen and oxygen atoms in total. The third kappa shape index (κ3) is 4.23. The van der Waals surface area contributed by atoms with Crippen molar-refractivity contribution in [1.82, 2.24) is 15.4 Å². The van der Waals surface area contributed by atoms with Crippen LogP contribution < -0.4 is 16.4 Å². The average Bonchev–Trinajstić information content (AvgIpc) is 2.79. The number of benzene rings is 2. The van der Waals surface area contributed by atoms with E-state index < -0.39 is 5.91 Å². The Morgan fingerprint density at radius 2 is 1.97 bits per heavy atom. The molecule has 150 valence electrons. The predicted octanol–water partition coefficient (Wildman–Crippen LogP) is 2.83. The van der Waals surface area contributed by atoms with Crippen molar-refractivity contribution < 1.29 is 10.0 Å². The number of piperidine rings is 1. The molecule has 3 aromatic rings. The highest BCUT2D eigenvalue weighted by molar-refractivity contribution is 5.97. The second-order valence-corrected chi connectivity index (χ2v) is 7.58. The van der Waals surface area contributed by atoms with Crippen LogP contribution in [0.15, 0.2) is 59.5 Å². The van der Waals surface area contributed by atoms with Crippen molar-refractivity contribution in [1.29, 1.82) is 0 Å². The van der Waals surface area contributed by atoms with Gasteiger partial charge in [0.15, 0.2) is 0 Å². The van der Waals surface area contributed by atoms with Crippen molar-refractivity contribution in [2.24, 2.45) is 0 Å². The summed E-state index contributed by atoms with van der Waals surface area (Å²) in [5, 5.41) is 13.5. The van der Waals surface area contributed by atoms with Gasteiger partial charge in [0.1, 0.15) is 0 Å². The zero-order chi connectivity index (χ0) is 20.2. The molecule has 0 atom stereocenters. The highest BCUT2D eigenvalue weighted by Crippen LogP contribution is 2.26. The van der Waals surface area contributed by atoms with Gasteiger partial charge in [-0.2, -0.15) is 0 Å². The zero-order valence-corrected chi connectivity index (χ0v) is 16.2. The normalized spacial score (nSPS) is 14.8. The van der Waals surface area contributed by atoms with Crippen LogP contribution in [0, 0.1) is 0 Å². The topological polar surface area (TPSA) is 83.4 Å². The third-order valence-electron chi connectivity index (χ3n) is 5.75. The maximum atomic E-state index is 12.9. The summed E-state index contributed by atoms with van der Waals surface area (Å²) < 4.78 is 1.68. The van der Waals surface area contributed by atoms with Crippen molar-refractivity contribution in [3.63, 3.8) is 0 Å². The Morgan fingerprint density at radius 3 is 2.76 bits per heavy atom. The number of hydrogen-bond acceptors (Lipinski definition) is 4. The Kier molecular flexibility index (Phi) is 5.74. The molecule has 0 bridgehead atoms. The lowest BCUT2D eigenvalue weighted by atomic mass is 9.89. The summed E-state index contributed by atoms with van der Waals surface area (Å²) in [7, 11) is 0. The summed E-state index contributed by atoms with van der Waals surface area (Å²) in [5.41, 5.74) is 4.33. The summed E-state index contributed by atoms with van der Waals surface area (Å²) in [5.74, 6) is -0.0212. The van der Waals surface area contributed by atoms with Crippen molar-refractivity contribution in [3.8, 4) is 0 Å². The van der Waals surface area contributed by atoms with E-state index in [9.17, 15) is 9.59 Å². The summed E-state index contributed by atoms with van der Waals surface area (Å²) in [6.07, 6.45) is 4.89. The van der Waals surface area contributed by atoms with Crippen LogP contribution in [0.4, 0.5) is 0 Å². The molecule has 3 N–H and O–H groups in total. The first-order chi connectivity index (χ1) is 14.2. The van der Waals surface area contributed by atoms with E-state index in [1.54, 1.807) is 28.4 Å². The molecule has 29 heavy (non-hydrogen) atoms. The number of amides is 1. The van der Waals surface area contributed by atoms with Gasteiger partial charge in [0.05, 0.1) is 0 Å². The SMILES string of the molecule is O=C(NO)c1ccc2ccn(CCc3cccc(C4CCNCC4)c3)c(=O)c2c1. The van der Waals surface area contributed by atoms with E-state index in [0.29, 0.717) is 17.8 Å². The fourth-order valence-corrected chi connectivity index (χ4v) is 4.07. The molecular weight excluding hydrogens is 366 g/mol. The van der Waals surface area contributed by atoms with Crippen LogP contribution in [0.25, 0.3) is 10.8 Å². The molecule has 4 rings (SSSR count). The van der Waals surface area contributed by atoms with Crippen molar-refractivity contribution in [2.45, 2.75) is 31.7 Å². The van der Waals surface area contributed by atoms with Crippen molar-refractivity contribution in [3.05, 3.63) is 81.8 Å².